The van der Waals surface area contributed by atoms with Crippen LogP contribution in [0.3, 0.4) is 0 Å². The van der Waals surface area contributed by atoms with E-state index in [1.165, 1.54) is 10.6 Å². The molecule has 0 radical (unpaired) electrons. The smallest absolute Gasteiger partial charge is 0.0185 e. The molecule has 0 atom stereocenters. The summed E-state index contributed by atoms with van der Waals surface area (Å²) >= 11 is 0. The van der Waals surface area contributed by atoms with E-state index in [0.717, 1.165) is 8.58 Å². The topological polar surface area (TPSA) is 23.9 Å². The Hall–Kier alpha value is -1.03. The van der Waals surface area contributed by atoms with Crippen LogP contribution in [0.5, 0.6) is 0 Å². The van der Waals surface area contributed by atoms with Crippen LogP contribution in [0.25, 0.3) is 0 Å². The second-order valence-electron chi connectivity index (χ2n) is 2.86. The third-order valence-corrected chi connectivity index (χ3v) is 3.08. The Bertz CT molecular complexity index is 338. The molecule has 0 aliphatic rings. The Morgan fingerprint density at radius 3 is 1.33 bits per heavy atom. The van der Waals surface area contributed by atoms with Gasteiger partial charge >= 0.3 is 0 Å². The van der Waals surface area contributed by atoms with E-state index in [2.05, 4.69) is 69.7 Å². The van der Waals surface area contributed by atoms with Crippen molar-refractivity contribution < 1.29 is 0 Å². The lowest BCUT2D eigenvalue weighted by molar-refractivity contribution is 1.66. The summed E-state index contributed by atoms with van der Waals surface area (Å²) in [6.07, 6.45) is 0. The van der Waals surface area contributed by atoms with Crippen LogP contribution in [-0.2, 0) is 0 Å². The first-order valence-corrected chi connectivity index (χ1v) is 6.07. The van der Waals surface area contributed by atoms with Gasteiger partial charge in [-0.2, -0.15) is 0 Å². The van der Waals surface area contributed by atoms with Gasteiger partial charge in [0.1, 0.15) is 0 Å². The van der Waals surface area contributed by atoms with Crippen molar-refractivity contribution in [2.45, 2.75) is 0 Å². The Morgan fingerprint density at radius 1 is 0.667 bits per heavy atom. The van der Waals surface area contributed by atoms with Crippen molar-refractivity contribution in [1.29, 1.82) is 5.16 Å². The van der Waals surface area contributed by atoms with Crippen LogP contribution in [0, 0.1) is 5.16 Å². The van der Waals surface area contributed by atoms with Gasteiger partial charge in [-0.3, -0.25) is 5.16 Å². The fourth-order valence-electron chi connectivity index (χ4n) is 1.21. The average molecular weight is 233 g/mol. The summed E-state index contributed by atoms with van der Waals surface area (Å²) in [4.78, 5) is 0. The van der Waals surface area contributed by atoms with Crippen molar-refractivity contribution in [2.24, 2.45) is 0 Å². The molecule has 1 nitrogen and oxygen atoms in total. The van der Waals surface area contributed by atoms with Gasteiger partial charge < -0.3 is 0 Å². The van der Waals surface area contributed by atoms with Crippen LogP contribution in [0.15, 0.2) is 60.7 Å². The highest BCUT2D eigenvalue weighted by Gasteiger charge is 1.92. The van der Waals surface area contributed by atoms with Gasteiger partial charge in [0, 0.05) is 0 Å². The standard InChI is InChI=1S/C12H11P.H2NP/c1-3-7-11(8-4-1)13-12-9-5-2-6-10-12;1-2/h1-10,13H;1-2H. The summed E-state index contributed by atoms with van der Waals surface area (Å²) in [6, 6.07) is 21.2. The molecule has 1 N–H and O–H groups in total. The summed E-state index contributed by atoms with van der Waals surface area (Å²) in [5.74, 6) is 0. The normalized spacial score (nSPS) is 8.80. The van der Waals surface area contributed by atoms with Crippen molar-refractivity contribution in [1.82, 2.24) is 0 Å². The Kier molecular flexibility index (Phi) is 5.85. The van der Waals surface area contributed by atoms with E-state index < -0.39 is 0 Å². The van der Waals surface area contributed by atoms with Crippen LogP contribution in [0.4, 0.5) is 0 Å². The lowest BCUT2D eigenvalue weighted by atomic mass is 10.4. The lowest BCUT2D eigenvalue weighted by Crippen LogP contribution is -2.01. The zero-order valence-corrected chi connectivity index (χ0v) is 10.3. The molecule has 3 heteroatoms. The van der Waals surface area contributed by atoms with Crippen LogP contribution in [0.1, 0.15) is 0 Å². The van der Waals surface area contributed by atoms with Crippen molar-refractivity contribution >= 4 is 28.2 Å². The van der Waals surface area contributed by atoms with E-state index in [-0.39, 0.29) is 0 Å². The van der Waals surface area contributed by atoms with Gasteiger partial charge in [0.2, 0.25) is 0 Å². The first kappa shape index (κ1) is 12.0. The lowest BCUT2D eigenvalue weighted by Gasteiger charge is -2.00. The zero-order valence-electron chi connectivity index (χ0n) is 8.27. The highest BCUT2D eigenvalue weighted by Crippen LogP contribution is 2.08. The van der Waals surface area contributed by atoms with Crippen molar-refractivity contribution in [3.63, 3.8) is 0 Å². The maximum atomic E-state index is 5.56. The van der Waals surface area contributed by atoms with E-state index in [0.29, 0.717) is 0 Å². The molecule has 0 fully saturated rings. The third-order valence-electron chi connectivity index (χ3n) is 1.84. The summed E-state index contributed by atoms with van der Waals surface area (Å²) in [7, 11) is 3.00. The van der Waals surface area contributed by atoms with Crippen LogP contribution in [-0.4, -0.2) is 0 Å². The fraction of sp³-hybridized carbons (Fsp3) is 0. The Labute approximate surface area is 94.4 Å². The molecule has 0 amide bonds. The predicted octanol–water partition coefficient (Wildman–Crippen LogP) is 3.21. The van der Waals surface area contributed by atoms with Gasteiger partial charge in [-0.05, 0) is 19.6 Å². The molecule has 0 saturated heterocycles. The molecule has 15 heavy (non-hydrogen) atoms. The van der Waals surface area contributed by atoms with Gasteiger partial charge in [0.05, 0.1) is 0 Å². The molecule has 0 bridgehead atoms. The minimum absolute atomic E-state index is 0.777. The molecule has 0 aliphatic carbocycles. The van der Waals surface area contributed by atoms with E-state index >= 15 is 0 Å². The Balaban J connectivity index is 0.000000531. The van der Waals surface area contributed by atoms with E-state index in [4.69, 9.17) is 5.16 Å². The molecule has 0 aliphatic heterocycles. The molecule has 0 saturated carbocycles. The monoisotopic (exact) mass is 233 g/mol. The number of nitrogens with one attached hydrogen (secondary N) is 1. The Morgan fingerprint density at radius 2 is 1.00 bits per heavy atom. The summed E-state index contributed by atoms with van der Waals surface area (Å²) in [6.45, 7) is 0. The molecule has 0 heterocycles. The molecular weight excluding hydrogens is 220 g/mol. The van der Waals surface area contributed by atoms with Gasteiger partial charge in [0.15, 0.2) is 0 Å². The number of hydrogen-bond donors (Lipinski definition) is 1. The van der Waals surface area contributed by atoms with E-state index in [1.54, 1.807) is 0 Å². The first-order valence-electron chi connectivity index (χ1n) is 4.57. The second kappa shape index (κ2) is 7.29. The van der Waals surface area contributed by atoms with Gasteiger partial charge in [-0.15, -0.1) is 0 Å². The summed E-state index contributed by atoms with van der Waals surface area (Å²) in [5.41, 5.74) is 0. The second-order valence-corrected chi connectivity index (χ2v) is 4.26. The number of benzene rings is 2. The predicted molar refractivity (Wildman–Crippen MR) is 71.5 cm³/mol. The van der Waals surface area contributed by atoms with E-state index in [9.17, 15) is 0 Å². The maximum Gasteiger partial charge on any atom is -0.0185 e. The third kappa shape index (κ3) is 4.34. The highest BCUT2D eigenvalue weighted by molar-refractivity contribution is 7.55. The number of hydrogen-bond acceptors (Lipinski definition) is 1. The quantitative estimate of drug-likeness (QED) is 0.770. The van der Waals surface area contributed by atoms with Crippen molar-refractivity contribution in [2.75, 3.05) is 0 Å². The SMILES string of the molecule is N=P.c1ccc(Pc2ccccc2)cc1. The molecule has 2 aromatic carbocycles. The minimum atomic E-state index is 0.777. The van der Waals surface area contributed by atoms with Gasteiger partial charge in [-0.25, -0.2) is 0 Å². The molecule has 2 rings (SSSR count). The number of rotatable bonds is 2. The largest absolute Gasteiger partial charge is 0.287 e. The van der Waals surface area contributed by atoms with Crippen molar-refractivity contribution in [3.8, 4) is 0 Å². The molecule has 0 unspecified atom stereocenters. The van der Waals surface area contributed by atoms with Gasteiger partial charge in [0.25, 0.3) is 0 Å². The summed E-state index contributed by atoms with van der Waals surface area (Å²) < 4.78 is 0. The van der Waals surface area contributed by atoms with E-state index in [1.807, 2.05) is 0 Å². The minimum Gasteiger partial charge on any atom is -0.287 e. The molecule has 0 spiro atoms. The van der Waals surface area contributed by atoms with Crippen molar-refractivity contribution in [3.05, 3.63) is 60.7 Å². The molecule has 0 aromatic heterocycles. The van der Waals surface area contributed by atoms with Crippen LogP contribution < -0.4 is 10.6 Å². The zero-order chi connectivity index (χ0) is 10.9. The average Bonchev–Trinajstić information content (AvgIpc) is 2.34. The molecule has 2 aromatic rings. The first-order chi connectivity index (χ1) is 7.45. The highest BCUT2D eigenvalue weighted by atomic mass is 31.1. The fourth-order valence-corrected chi connectivity index (χ4v) is 2.26. The summed E-state index contributed by atoms with van der Waals surface area (Å²) in [5, 5.41) is 8.35. The molecule has 76 valence electrons. The molecular formula is C12H13NP2. The van der Waals surface area contributed by atoms with Crippen LogP contribution in [0.2, 0.25) is 0 Å². The van der Waals surface area contributed by atoms with Crippen LogP contribution >= 0.6 is 17.6 Å². The maximum absolute atomic E-state index is 5.56. The van der Waals surface area contributed by atoms with Gasteiger partial charge in [-0.1, -0.05) is 69.2 Å².